The third-order valence-electron chi connectivity index (χ3n) is 6.40. The molecule has 1 saturated carbocycles. The van der Waals surface area contributed by atoms with E-state index >= 15 is 0 Å². The van der Waals surface area contributed by atoms with Gasteiger partial charge in [-0.25, -0.2) is 9.69 Å². The highest BCUT2D eigenvalue weighted by atomic mass is 16.2. The first kappa shape index (κ1) is 21.1. The van der Waals surface area contributed by atoms with E-state index in [1.807, 2.05) is 19.1 Å². The van der Waals surface area contributed by atoms with Crippen molar-refractivity contribution >= 4 is 23.5 Å². The van der Waals surface area contributed by atoms with E-state index in [2.05, 4.69) is 41.8 Å². The van der Waals surface area contributed by atoms with E-state index in [0.29, 0.717) is 31.5 Å². The zero-order valence-corrected chi connectivity index (χ0v) is 18.1. The molecule has 6 heteroatoms. The minimum Gasteiger partial charge on any atom is -0.356 e. The molecule has 2 aromatic rings. The Morgan fingerprint density at radius 2 is 1.65 bits per heavy atom. The van der Waals surface area contributed by atoms with Crippen LogP contribution in [0.2, 0.25) is 0 Å². The molecule has 4 amide bonds. The molecule has 3 unspecified atom stereocenters. The first-order valence-corrected chi connectivity index (χ1v) is 11.0. The molecule has 1 saturated heterocycles. The summed E-state index contributed by atoms with van der Waals surface area (Å²) in [6, 6.07) is 15.0. The number of imide groups is 1. The van der Waals surface area contributed by atoms with Crippen LogP contribution in [0.1, 0.15) is 36.0 Å². The highest BCUT2D eigenvalue weighted by molar-refractivity contribution is 6.17. The van der Waals surface area contributed by atoms with Gasteiger partial charge in [0, 0.05) is 18.5 Å². The highest BCUT2D eigenvalue weighted by Gasteiger charge is 2.45. The molecule has 2 aromatic carbocycles. The highest BCUT2D eigenvalue weighted by Crippen LogP contribution is 2.34. The quantitative estimate of drug-likeness (QED) is 0.779. The molecule has 2 fully saturated rings. The van der Waals surface area contributed by atoms with Gasteiger partial charge in [-0.05, 0) is 57.2 Å². The average Bonchev–Trinajstić information content (AvgIpc) is 2.76. The fourth-order valence-electron chi connectivity index (χ4n) is 4.52. The second-order valence-electron chi connectivity index (χ2n) is 8.71. The van der Waals surface area contributed by atoms with E-state index in [9.17, 15) is 14.4 Å². The molecule has 0 spiro atoms. The number of carbonyl (C=O) groups excluding carboxylic acids is 3. The normalized spacial score (nSPS) is 23.2. The van der Waals surface area contributed by atoms with Gasteiger partial charge in [0.2, 0.25) is 11.8 Å². The Kier molecular flexibility index (Phi) is 6.07. The van der Waals surface area contributed by atoms with Crippen LogP contribution in [0, 0.1) is 25.7 Å². The summed E-state index contributed by atoms with van der Waals surface area (Å²) in [5.74, 6) is -0.627. The van der Waals surface area contributed by atoms with Gasteiger partial charge in [-0.3, -0.25) is 9.59 Å². The summed E-state index contributed by atoms with van der Waals surface area (Å²) >= 11 is 0. The number of anilines is 1. The average molecular weight is 420 g/mol. The number of benzene rings is 2. The van der Waals surface area contributed by atoms with Crippen molar-refractivity contribution in [2.45, 2.75) is 45.6 Å². The minimum absolute atomic E-state index is 0.00761. The fraction of sp³-hybridized carbons (Fsp3) is 0.400. The topological polar surface area (TPSA) is 78.5 Å². The van der Waals surface area contributed by atoms with Crippen molar-refractivity contribution in [3.63, 3.8) is 0 Å². The van der Waals surface area contributed by atoms with Crippen LogP contribution in [-0.2, 0) is 16.0 Å². The van der Waals surface area contributed by atoms with Gasteiger partial charge in [0.1, 0.15) is 0 Å². The summed E-state index contributed by atoms with van der Waals surface area (Å²) in [7, 11) is 0. The van der Waals surface area contributed by atoms with Crippen molar-refractivity contribution in [1.29, 1.82) is 0 Å². The predicted octanol–water partition coefficient (Wildman–Crippen LogP) is 3.50. The SMILES string of the molecule is Cc1ccc(CCNC(=O)C2CCC3C(=O)N(c4ccc(C)cc4)C(=O)NC3C2)cc1. The van der Waals surface area contributed by atoms with Gasteiger partial charge in [-0.2, -0.15) is 0 Å². The van der Waals surface area contributed by atoms with Gasteiger partial charge in [-0.15, -0.1) is 0 Å². The maximum Gasteiger partial charge on any atom is 0.328 e. The minimum atomic E-state index is -0.407. The first-order chi connectivity index (χ1) is 14.9. The molecule has 6 nitrogen and oxygen atoms in total. The van der Waals surface area contributed by atoms with Crippen LogP contribution >= 0.6 is 0 Å². The molecule has 1 heterocycles. The third kappa shape index (κ3) is 4.63. The molecular weight excluding hydrogens is 390 g/mol. The number of fused-ring (bicyclic) bond motifs is 1. The van der Waals surface area contributed by atoms with Gasteiger partial charge in [-0.1, -0.05) is 47.5 Å². The lowest BCUT2D eigenvalue weighted by Crippen LogP contribution is -2.62. The Hall–Kier alpha value is -3.15. The van der Waals surface area contributed by atoms with E-state index in [1.165, 1.54) is 16.0 Å². The van der Waals surface area contributed by atoms with Crippen LogP contribution in [0.3, 0.4) is 0 Å². The van der Waals surface area contributed by atoms with Crippen molar-refractivity contribution < 1.29 is 14.4 Å². The molecule has 0 radical (unpaired) electrons. The van der Waals surface area contributed by atoms with Crippen molar-refractivity contribution in [3.05, 3.63) is 65.2 Å². The fourth-order valence-corrected chi connectivity index (χ4v) is 4.52. The Labute approximate surface area is 183 Å². The number of aryl methyl sites for hydroxylation is 2. The van der Waals surface area contributed by atoms with Crippen LogP contribution < -0.4 is 15.5 Å². The number of hydrogen-bond acceptors (Lipinski definition) is 3. The largest absolute Gasteiger partial charge is 0.356 e. The van der Waals surface area contributed by atoms with E-state index < -0.39 is 6.03 Å². The van der Waals surface area contributed by atoms with Crippen molar-refractivity contribution in [3.8, 4) is 0 Å². The molecule has 3 atom stereocenters. The molecule has 4 rings (SSSR count). The van der Waals surface area contributed by atoms with Crippen LogP contribution in [0.4, 0.5) is 10.5 Å². The molecule has 162 valence electrons. The number of amides is 4. The van der Waals surface area contributed by atoms with Crippen molar-refractivity contribution in [1.82, 2.24) is 10.6 Å². The van der Waals surface area contributed by atoms with Gasteiger partial charge < -0.3 is 10.6 Å². The number of nitrogens with zero attached hydrogens (tertiary/aromatic N) is 1. The van der Waals surface area contributed by atoms with Gasteiger partial charge in [0.05, 0.1) is 11.6 Å². The summed E-state index contributed by atoms with van der Waals surface area (Å²) in [6.07, 6.45) is 2.54. The molecule has 0 aromatic heterocycles. The number of carbonyl (C=O) groups is 3. The molecule has 1 aliphatic heterocycles. The van der Waals surface area contributed by atoms with Gasteiger partial charge in [0.25, 0.3) is 0 Å². The molecular formula is C25H29N3O3. The first-order valence-electron chi connectivity index (χ1n) is 11.0. The maximum absolute atomic E-state index is 13.0. The Morgan fingerprint density at radius 1 is 1.00 bits per heavy atom. The Morgan fingerprint density at radius 3 is 2.32 bits per heavy atom. The smallest absolute Gasteiger partial charge is 0.328 e. The lowest BCUT2D eigenvalue weighted by atomic mass is 9.76. The summed E-state index contributed by atoms with van der Waals surface area (Å²) in [6.45, 7) is 4.60. The molecule has 2 aliphatic rings. The van der Waals surface area contributed by atoms with Crippen molar-refractivity contribution in [2.24, 2.45) is 11.8 Å². The number of rotatable bonds is 5. The van der Waals surface area contributed by atoms with E-state index in [-0.39, 0.29) is 29.7 Å². The Balaban J connectivity index is 1.33. The van der Waals surface area contributed by atoms with Crippen LogP contribution in [0.5, 0.6) is 0 Å². The zero-order chi connectivity index (χ0) is 22.0. The predicted molar refractivity (Wildman–Crippen MR) is 120 cm³/mol. The number of hydrogen-bond donors (Lipinski definition) is 2. The Bertz CT molecular complexity index is 969. The van der Waals surface area contributed by atoms with Crippen LogP contribution in [0.15, 0.2) is 48.5 Å². The van der Waals surface area contributed by atoms with E-state index in [1.54, 1.807) is 12.1 Å². The number of nitrogens with one attached hydrogen (secondary N) is 2. The summed E-state index contributed by atoms with van der Waals surface area (Å²) in [5.41, 5.74) is 4.06. The molecule has 2 N–H and O–H groups in total. The molecule has 31 heavy (non-hydrogen) atoms. The standard InChI is InChI=1S/C25H29N3O3/c1-16-3-7-18(8-4-16)13-14-26-23(29)19-9-12-21-22(15-19)27-25(31)28(24(21)30)20-10-5-17(2)6-11-20/h3-8,10-11,19,21-22H,9,12-15H2,1-2H3,(H,26,29)(H,27,31). The summed E-state index contributed by atoms with van der Waals surface area (Å²) < 4.78 is 0. The second kappa shape index (κ2) is 8.92. The van der Waals surface area contributed by atoms with Gasteiger partial charge >= 0.3 is 6.03 Å². The van der Waals surface area contributed by atoms with Crippen LogP contribution in [-0.4, -0.2) is 30.4 Å². The monoisotopic (exact) mass is 419 g/mol. The van der Waals surface area contributed by atoms with E-state index in [0.717, 1.165) is 12.0 Å². The zero-order valence-electron chi connectivity index (χ0n) is 18.1. The summed E-state index contributed by atoms with van der Waals surface area (Å²) in [5, 5.41) is 6.00. The molecule has 0 bridgehead atoms. The van der Waals surface area contributed by atoms with Gasteiger partial charge in [0.15, 0.2) is 0 Å². The summed E-state index contributed by atoms with van der Waals surface area (Å²) in [4.78, 5) is 39.6. The lowest BCUT2D eigenvalue weighted by molar-refractivity contribution is -0.130. The van der Waals surface area contributed by atoms with Crippen LogP contribution in [0.25, 0.3) is 0 Å². The maximum atomic E-state index is 13.0. The second-order valence-corrected chi connectivity index (χ2v) is 8.71. The van der Waals surface area contributed by atoms with Crippen molar-refractivity contribution in [2.75, 3.05) is 11.4 Å². The lowest BCUT2D eigenvalue weighted by Gasteiger charge is -2.41. The molecule has 1 aliphatic carbocycles. The number of urea groups is 1. The van der Waals surface area contributed by atoms with E-state index in [4.69, 9.17) is 0 Å². The third-order valence-corrected chi connectivity index (χ3v) is 6.40.